The summed E-state index contributed by atoms with van der Waals surface area (Å²) in [4.78, 5) is 26.2. The van der Waals surface area contributed by atoms with Gasteiger partial charge in [-0.1, -0.05) is 41.9 Å². The van der Waals surface area contributed by atoms with E-state index in [1.165, 1.54) is 11.8 Å². The lowest BCUT2D eigenvalue weighted by molar-refractivity contribution is -0.141. The molecule has 0 spiro atoms. The van der Waals surface area contributed by atoms with Gasteiger partial charge in [0, 0.05) is 17.5 Å². The van der Waals surface area contributed by atoms with Gasteiger partial charge in [-0.15, -0.1) is 0 Å². The molecule has 1 atom stereocenters. The van der Waals surface area contributed by atoms with E-state index in [2.05, 4.69) is 0 Å². The monoisotopic (exact) mass is 373 g/mol. The zero-order valence-corrected chi connectivity index (χ0v) is 15.4. The fourth-order valence-corrected chi connectivity index (χ4v) is 3.62. The molecule has 0 unspecified atom stereocenters. The Hall–Kier alpha value is -2.37. The minimum atomic E-state index is -1.90. The molecule has 1 heterocycles. The summed E-state index contributed by atoms with van der Waals surface area (Å²) in [5, 5.41) is 11.4. The maximum Gasteiger partial charge on any atom is 0.264 e. The number of halogens is 1. The first-order valence-corrected chi connectivity index (χ1v) is 8.79. The number of Topliss-reactive ketones (excluding diaryl/α,β-unsaturated/α-hetero) is 1. The molecule has 0 aromatic heterocycles. The minimum absolute atomic E-state index is 0.186. The Labute approximate surface area is 157 Å². The summed E-state index contributed by atoms with van der Waals surface area (Å²) in [6.07, 6.45) is -0.289. The van der Waals surface area contributed by atoms with E-state index >= 15 is 0 Å². The standard InChI is InChI=1S/C20H20ClNO4/c1-3-26-17-10-5-4-7-14(17)12-22-18-15(8-6-9-16(18)21)20(25,19(22)24)11-13(2)23/h4-10,25H,3,11-12H2,1-2H3/t20-/m0/s1. The van der Waals surface area contributed by atoms with Crippen molar-refractivity contribution in [2.45, 2.75) is 32.4 Å². The molecule has 0 bridgehead atoms. The van der Waals surface area contributed by atoms with Crippen molar-refractivity contribution >= 4 is 29.0 Å². The number of para-hydroxylation sites is 2. The number of hydrogen-bond acceptors (Lipinski definition) is 4. The molecule has 26 heavy (non-hydrogen) atoms. The number of anilines is 1. The molecule has 1 N–H and O–H groups in total. The predicted molar refractivity (Wildman–Crippen MR) is 99.4 cm³/mol. The van der Waals surface area contributed by atoms with Crippen LogP contribution < -0.4 is 9.64 Å². The first-order valence-electron chi connectivity index (χ1n) is 8.42. The number of benzene rings is 2. The molecule has 1 amide bonds. The minimum Gasteiger partial charge on any atom is -0.494 e. The highest BCUT2D eigenvalue weighted by Gasteiger charge is 2.51. The third-order valence-corrected chi connectivity index (χ3v) is 4.71. The van der Waals surface area contributed by atoms with Crippen LogP contribution >= 0.6 is 11.6 Å². The second-order valence-electron chi connectivity index (χ2n) is 6.31. The van der Waals surface area contributed by atoms with Crippen LogP contribution in [0.4, 0.5) is 5.69 Å². The summed E-state index contributed by atoms with van der Waals surface area (Å²) in [7, 11) is 0. The van der Waals surface area contributed by atoms with E-state index < -0.39 is 11.5 Å². The van der Waals surface area contributed by atoms with Gasteiger partial charge >= 0.3 is 0 Å². The van der Waals surface area contributed by atoms with Gasteiger partial charge in [0.15, 0.2) is 5.60 Å². The van der Waals surface area contributed by atoms with Crippen LogP contribution in [0.5, 0.6) is 5.75 Å². The second kappa shape index (κ2) is 7.09. The fourth-order valence-electron chi connectivity index (χ4n) is 3.35. The van der Waals surface area contributed by atoms with Crippen LogP contribution in [0.2, 0.25) is 5.02 Å². The van der Waals surface area contributed by atoms with Crippen molar-refractivity contribution in [2.75, 3.05) is 11.5 Å². The molecular weight excluding hydrogens is 354 g/mol. The Bertz CT molecular complexity index is 867. The number of carbonyl (C=O) groups excluding carboxylic acids is 2. The highest BCUT2D eigenvalue weighted by molar-refractivity contribution is 6.35. The lowest BCUT2D eigenvalue weighted by atomic mass is 9.90. The number of ether oxygens (including phenoxy) is 1. The highest BCUT2D eigenvalue weighted by Crippen LogP contribution is 2.47. The van der Waals surface area contributed by atoms with Gasteiger partial charge in [-0.2, -0.15) is 0 Å². The average Bonchev–Trinajstić information content (AvgIpc) is 2.79. The number of amides is 1. The van der Waals surface area contributed by atoms with Crippen LogP contribution in [0.25, 0.3) is 0 Å². The number of rotatable bonds is 6. The molecule has 1 aliphatic heterocycles. The van der Waals surface area contributed by atoms with E-state index in [0.29, 0.717) is 28.6 Å². The fraction of sp³-hybridized carbons (Fsp3) is 0.300. The lowest BCUT2D eigenvalue weighted by Gasteiger charge is -2.23. The number of hydrogen-bond donors (Lipinski definition) is 1. The number of aliphatic hydroxyl groups is 1. The first-order chi connectivity index (χ1) is 12.4. The van der Waals surface area contributed by atoms with Crippen molar-refractivity contribution in [3.8, 4) is 5.75 Å². The number of nitrogens with zero attached hydrogens (tertiary/aromatic N) is 1. The summed E-state index contributed by atoms with van der Waals surface area (Å²) in [5.41, 5.74) is -0.305. The molecule has 6 heteroatoms. The molecule has 0 radical (unpaired) electrons. The Morgan fingerprint density at radius 3 is 2.65 bits per heavy atom. The summed E-state index contributed by atoms with van der Waals surface area (Å²) in [6, 6.07) is 12.4. The first kappa shape index (κ1) is 18.4. The zero-order chi connectivity index (χ0) is 18.9. The molecule has 2 aromatic rings. The Kier molecular flexibility index (Phi) is 5.03. The summed E-state index contributed by atoms with van der Waals surface area (Å²) in [6.45, 7) is 3.92. The van der Waals surface area contributed by atoms with Crippen molar-refractivity contribution in [1.82, 2.24) is 0 Å². The average molecular weight is 374 g/mol. The quantitative estimate of drug-likeness (QED) is 0.842. The second-order valence-corrected chi connectivity index (χ2v) is 6.71. The molecule has 2 aromatic carbocycles. The lowest BCUT2D eigenvalue weighted by Crippen LogP contribution is -2.41. The summed E-state index contributed by atoms with van der Waals surface area (Å²) < 4.78 is 5.63. The maximum absolute atomic E-state index is 13.1. The Balaban J connectivity index is 2.07. The van der Waals surface area contributed by atoms with Crippen LogP contribution in [0.3, 0.4) is 0 Å². The molecule has 0 aliphatic carbocycles. The highest BCUT2D eigenvalue weighted by atomic mass is 35.5. The van der Waals surface area contributed by atoms with Crippen molar-refractivity contribution in [3.63, 3.8) is 0 Å². The van der Waals surface area contributed by atoms with Gasteiger partial charge in [-0.3, -0.25) is 9.59 Å². The van der Waals surface area contributed by atoms with Gasteiger partial charge in [0.2, 0.25) is 0 Å². The van der Waals surface area contributed by atoms with E-state index in [9.17, 15) is 14.7 Å². The summed E-state index contributed by atoms with van der Waals surface area (Å²) in [5.74, 6) is -0.163. The van der Waals surface area contributed by atoms with Crippen LogP contribution in [0.15, 0.2) is 42.5 Å². The van der Waals surface area contributed by atoms with Gasteiger partial charge < -0.3 is 14.7 Å². The molecule has 1 aliphatic rings. The smallest absolute Gasteiger partial charge is 0.264 e. The van der Waals surface area contributed by atoms with Crippen LogP contribution in [-0.2, 0) is 21.7 Å². The van der Waals surface area contributed by atoms with Crippen LogP contribution in [0.1, 0.15) is 31.4 Å². The van der Waals surface area contributed by atoms with E-state index in [4.69, 9.17) is 16.3 Å². The third-order valence-electron chi connectivity index (χ3n) is 4.41. The molecule has 136 valence electrons. The third kappa shape index (κ3) is 3.08. The topological polar surface area (TPSA) is 66.8 Å². The van der Waals surface area contributed by atoms with Gasteiger partial charge in [0.05, 0.1) is 23.9 Å². The summed E-state index contributed by atoms with van der Waals surface area (Å²) >= 11 is 6.34. The molecule has 5 nitrogen and oxygen atoms in total. The van der Waals surface area contributed by atoms with Gasteiger partial charge in [-0.25, -0.2) is 0 Å². The van der Waals surface area contributed by atoms with E-state index in [-0.39, 0.29) is 18.7 Å². The molecule has 3 rings (SSSR count). The molecular formula is C20H20ClNO4. The molecule has 0 fully saturated rings. The van der Waals surface area contributed by atoms with E-state index in [1.807, 2.05) is 31.2 Å². The normalized spacial score (nSPS) is 18.8. The zero-order valence-electron chi connectivity index (χ0n) is 14.7. The number of carbonyl (C=O) groups is 2. The van der Waals surface area contributed by atoms with Gasteiger partial charge in [0.25, 0.3) is 5.91 Å². The van der Waals surface area contributed by atoms with E-state index in [1.54, 1.807) is 18.2 Å². The van der Waals surface area contributed by atoms with Crippen molar-refractivity contribution in [3.05, 3.63) is 58.6 Å². The Morgan fingerprint density at radius 2 is 1.96 bits per heavy atom. The molecule has 0 saturated heterocycles. The van der Waals surface area contributed by atoms with Crippen molar-refractivity contribution in [1.29, 1.82) is 0 Å². The van der Waals surface area contributed by atoms with Crippen molar-refractivity contribution in [2.24, 2.45) is 0 Å². The van der Waals surface area contributed by atoms with Gasteiger partial charge in [-0.05, 0) is 26.0 Å². The number of ketones is 1. The Morgan fingerprint density at radius 1 is 1.23 bits per heavy atom. The van der Waals surface area contributed by atoms with Gasteiger partial charge in [0.1, 0.15) is 11.5 Å². The van der Waals surface area contributed by atoms with Crippen LogP contribution in [0, 0.1) is 0 Å². The van der Waals surface area contributed by atoms with E-state index in [0.717, 1.165) is 5.56 Å². The van der Waals surface area contributed by atoms with Crippen LogP contribution in [-0.4, -0.2) is 23.4 Å². The maximum atomic E-state index is 13.1. The molecule has 0 saturated carbocycles. The van der Waals surface area contributed by atoms with Crippen molar-refractivity contribution < 1.29 is 19.4 Å². The largest absolute Gasteiger partial charge is 0.494 e. The predicted octanol–water partition coefficient (Wildman–Crippen LogP) is 3.45. The number of fused-ring (bicyclic) bond motifs is 1. The SMILES string of the molecule is CCOc1ccccc1CN1C(=O)[C@](O)(CC(C)=O)c2cccc(Cl)c21.